The van der Waals surface area contributed by atoms with Gasteiger partial charge in [-0.15, -0.1) is 0 Å². The average Bonchev–Trinajstić information content (AvgIpc) is 2.22. The van der Waals surface area contributed by atoms with E-state index in [1.54, 1.807) is 7.05 Å². The van der Waals surface area contributed by atoms with Crippen LogP contribution in [-0.2, 0) is 4.79 Å². The summed E-state index contributed by atoms with van der Waals surface area (Å²) in [6, 6.07) is 0.180. The topological polar surface area (TPSA) is 58.4 Å². The maximum absolute atomic E-state index is 11.2. The Morgan fingerprint density at radius 2 is 2.14 bits per heavy atom. The Labute approximate surface area is 86.8 Å². The average molecular weight is 201 g/mol. The van der Waals surface area contributed by atoms with Gasteiger partial charge in [0.25, 0.3) is 0 Å². The van der Waals surface area contributed by atoms with Gasteiger partial charge in [-0.25, -0.2) is 0 Å². The van der Waals surface area contributed by atoms with Crippen LogP contribution in [0.1, 0.15) is 26.7 Å². The van der Waals surface area contributed by atoms with Crippen LogP contribution in [0.2, 0.25) is 0 Å². The first-order valence-corrected chi connectivity index (χ1v) is 5.34. The van der Waals surface area contributed by atoms with E-state index in [2.05, 4.69) is 24.1 Å². The Morgan fingerprint density at radius 3 is 2.50 bits per heavy atom. The summed E-state index contributed by atoms with van der Waals surface area (Å²) < 4.78 is 0. The third-order valence-corrected chi connectivity index (χ3v) is 2.41. The molecule has 0 aliphatic carbocycles. The van der Waals surface area contributed by atoms with Crippen molar-refractivity contribution in [3.63, 3.8) is 0 Å². The molecule has 3 N–H and O–H groups in total. The first-order valence-electron chi connectivity index (χ1n) is 5.34. The van der Waals surface area contributed by atoms with Crippen molar-refractivity contribution in [2.45, 2.75) is 32.7 Å². The molecule has 0 saturated carbocycles. The minimum atomic E-state index is 0.0648. The van der Waals surface area contributed by atoms with E-state index in [9.17, 15) is 4.79 Å². The second-order valence-corrected chi connectivity index (χ2v) is 3.40. The third kappa shape index (κ3) is 4.58. The molecule has 1 amide bonds. The summed E-state index contributed by atoms with van der Waals surface area (Å²) in [6.07, 6.45) is 1.60. The number of carbonyl (C=O) groups excluding carboxylic acids is 1. The van der Waals surface area contributed by atoms with Crippen molar-refractivity contribution in [3.05, 3.63) is 0 Å². The zero-order valence-electron chi connectivity index (χ0n) is 9.55. The van der Waals surface area contributed by atoms with E-state index in [4.69, 9.17) is 5.73 Å². The number of hydrogen-bond acceptors (Lipinski definition) is 3. The number of carbonyl (C=O) groups is 1. The highest BCUT2D eigenvalue weighted by Gasteiger charge is 2.17. The van der Waals surface area contributed by atoms with Gasteiger partial charge in [0.1, 0.15) is 0 Å². The Bertz CT molecular complexity index is 161. The van der Waals surface area contributed by atoms with Gasteiger partial charge in [-0.3, -0.25) is 9.69 Å². The van der Waals surface area contributed by atoms with Gasteiger partial charge < -0.3 is 11.1 Å². The number of rotatable bonds is 7. The molecule has 1 unspecified atom stereocenters. The number of amides is 1. The second kappa shape index (κ2) is 7.76. The molecular formula is C10H23N3O. The molecule has 4 nitrogen and oxygen atoms in total. The van der Waals surface area contributed by atoms with Gasteiger partial charge in [-0.05, 0) is 19.5 Å². The normalized spacial score (nSPS) is 12.9. The van der Waals surface area contributed by atoms with Crippen molar-refractivity contribution in [1.82, 2.24) is 10.2 Å². The lowest BCUT2D eigenvalue weighted by Gasteiger charge is -2.28. The number of nitrogens with one attached hydrogen (secondary N) is 1. The molecule has 0 aliphatic heterocycles. The zero-order valence-corrected chi connectivity index (χ0v) is 9.55. The fourth-order valence-electron chi connectivity index (χ4n) is 1.56. The highest BCUT2D eigenvalue weighted by atomic mass is 16.1. The van der Waals surface area contributed by atoms with E-state index in [0.29, 0.717) is 13.0 Å². The molecule has 0 saturated heterocycles. The van der Waals surface area contributed by atoms with Gasteiger partial charge in [-0.1, -0.05) is 13.8 Å². The van der Waals surface area contributed by atoms with E-state index >= 15 is 0 Å². The van der Waals surface area contributed by atoms with E-state index in [-0.39, 0.29) is 11.9 Å². The summed E-state index contributed by atoms with van der Waals surface area (Å²) in [7, 11) is 1.66. The van der Waals surface area contributed by atoms with Crippen molar-refractivity contribution in [2.24, 2.45) is 5.73 Å². The quantitative estimate of drug-likeness (QED) is 0.618. The molecule has 0 aromatic carbocycles. The van der Waals surface area contributed by atoms with E-state index < -0.39 is 0 Å². The molecule has 0 spiro atoms. The Kier molecular flexibility index (Phi) is 7.42. The molecule has 0 radical (unpaired) electrons. The summed E-state index contributed by atoms with van der Waals surface area (Å²) >= 11 is 0. The number of nitrogens with zero attached hydrogens (tertiary/aromatic N) is 1. The maximum Gasteiger partial charge on any atom is 0.221 e. The smallest absolute Gasteiger partial charge is 0.221 e. The largest absolute Gasteiger partial charge is 0.359 e. The van der Waals surface area contributed by atoms with Crippen molar-refractivity contribution in [3.8, 4) is 0 Å². The van der Waals surface area contributed by atoms with Crippen LogP contribution >= 0.6 is 0 Å². The van der Waals surface area contributed by atoms with Gasteiger partial charge in [0.2, 0.25) is 5.91 Å². The minimum Gasteiger partial charge on any atom is -0.359 e. The van der Waals surface area contributed by atoms with Gasteiger partial charge in [-0.2, -0.15) is 0 Å². The SMILES string of the molecule is CCCN(CC)C(CN)CC(=O)NC. The van der Waals surface area contributed by atoms with Crippen LogP contribution in [0.15, 0.2) is 0 Å². The first-order chi connectivity index (χ1) is 6.69. The third-order valence-electron chi connectivity index (χ3n) is 2.41. The van der Waals surface area contributed by atoms with Crippen LogP contribution < -0.4 is 11.1 Å². The molecule has 0 bridgehead atoms. The maximum atomic E-state index is 11.2. The highest BCUT2D eigenvalue weighted by Crippen LogP contribution is 2.03. The predicted octanol–water partition coefficient (Wildman–Crippen LogP) is 0.182. The predicted molar refractivity (Wildman–Crippen MR) is 59.1 cm³/mol. The number of nitrogens with two attached hydrogens (primary N) is 1. The second-order valence-electron chi connectivity index (χ2n) is 3.40. The fourth-order valence-corrected chi connectivity index (χ4v) is 1.56. The molecule has 14 heavy (non-hydrogen) atoms. The Balaban J connectivity index is 4.13. The molecule has 4 heteroatoms. The lowest BCUT2D eigenvalue weighted by atomic mass is 10.1. The summed E-state index contributed by atoms with van der Waals surface area (Å²) in [5, 5.41) is 2.63. The lowest BCUT2D eigenvalue weighted by molar-refractivity contribution is -0.121. The molecule has 1 atom stereocenters. The molecule has 0 heterocycles. The molecular weight excluding hydrogens is 178 g/mol. The van der Waals surface area contributed by atoms with E-state index in [1.807, 2.05) is 0 Å². The van der Waals surface area contributed by atoms with Gasteiger partial charge in [0, 0.05) is 26.1 Å². The van der Waals surface area contributed by atoms with Crippen molar-refractivity contribution in [2.75, 3.05) is 26.7 Å². The first kappa shape index (κ1) is 13.4. The number of hydrogen-bond donors (Lipinski definition) is 2. The molecule has 0 aromatic heterocycles. The molecule has 0 rings (SSSR count). The van der Waals surface area contributed by atoms with Crippen LogP contribution in [0.4, 0.5) is 0 Å². The van der Waals surface area contributed by atoms with Crippen LogP contribution in [0, 0.1) is 0 Å². The molecule has 0 fully saturated rings. The summed E-state index contributed by atoms with van der Waals surface area (Å²) in [4.78, 5) is 13.5. The summed E-state index contributed by atoms with van der Waals surface area (Å²) in [5.41, 5.74) is 5.66. The molecule has 0 aliphatic rings. The van der Waals surface area contributed by atoms with E-state index in [0.717, 1.165) is 19.5 Å². The van der Waals surface area contributed by atoms with E-state index in [1.165, 1.54) is 0 Å². The minimum absolute atomic E-state index is 0.0648. The van der Waals surface area contributed by atoms with Crippen LogP contribution in [-0.4, -0.2) is 43.5 Å². The molecule has 84 valence electrons. The Hall–Kier alpha value is -0.610. The Morgan fingerprint density at radius 1 is 1.50 bits per heavy atom. The fraction of sp³-hybridized carbons (Fsp3) is 0.900. The van der Waals surface area contributed by atoms with Gasteiger partial charge in [0.15, 0.2) is 0 Å². The van der Waals surface area contributed by atoms with Crippen molar-refractivity contribution >= 4 is 5.91 Å². The van der Waals surface area contributed by atoms with Crippen LogP contribution in [0.25, 0.3) is 0 Å². The summed E-state index contributed by atoms with van der Waals surface area (Å²) in [6.45, 7) is 6.74. The lowest BCUT2D eigenvalue weighted by Crippen LogP contribution is -2.43. The van der Waals surface area contributed by atoms with Gasteiger partial charge >= 0.3 is 0 Å². The summed E-state index contributed by atoms with van der Waals surface area (Å²) in [5.74, 6) is 0.0648. The van der Waals surface area contributed by atoms with Crippen molar-refractivity contribution in [1.29, 1.82) is 0 Å². The zero-order chi connectivity index (χ0) is 11.0. The number of likely N-dealkylation sites (N-methyl/N-ethyl adjacent to an activating group) is 1. The van der Waals surface area contributed by atoms with Crippen LogP contribution in [0.3, 0.4) is 0 Å². The van der Waals surface area contributed by atoms with Gasteiger partial charge in [0.05, 0.1) is 0 Å². The van der Waals surface area contributed by atoms with Crippen LogP contribution in [0.5, 0.6) is 0 Å². The standard InChI is InChI=1S/C10H23N3O/c1-4-6-13(5-2)9(8-11)7-10(14)12-3/h9H,4-8,11H2,1-3H3,(H,12,14). The van der Waals surface area contributed by atoms with Crippen molar-refractivity contribution < 1.29 is 4.79 Å². The molecule has 0 aromatic rings. The monoisotopic (exact) mass is 201 g/mol. The highest BCUT2D eigenvalue weighted by molar-refractivity contribution is 5.76.